The molecule has 2 fully saturated rings. The fourth-order valence-corrected chi connectivity index (χ4v) is 3.68. The molecule has 0 bridgehead atoms. The van der Waals surface area contributed by atoms with E-state index in [1.165, 1.54) is 25.7 Å². The summed E-state index contributed by atoms with van der Waals surface area (Å²) in [6.45, 7) is 3.18. The second-order valence-corrected chi connectivity index (χ2v) is 6.74. The Morgan fingerprint density at radius 2 is 1.75 bits per heavy atom. The van der Waals surface area contributed by atoms with Crippen LogP contribution < -0.4 is 0 Å². The Labute approximate surface area is 121 Å². The molecule has 1 heterocycles. The van der Waals surface area contributed by atoms with Crippen LogP contribution in [0.2, 0.25) is 0 Å². The molecule has 0 aromatic heterocycles. The molecule has 1 amide bonds. The van der Waals surface area contributed by atoms with Gasteiger partial charge in [-0.05, 0) is 31.1 Å². The number of likely N-dealkylation sites (tertiary alicyclic amines) is 1. The smallest absolute Gasteiger partial charge is 0.308 e. The topological polar surface area (TPSA) is 57.6 Å². The van der Waals surface area contributed by atoms with Crippen molar-refractivity contribution in [3.63, 3.8) is 0 Å². The van der Waals surface area contributed by atoms with Crippen molar-refractivity contribution in [2.24, 2.45) is 17.8 Å². The summed E-state index contributed by atoms with van der Waals surface area (Å²) in [6.07, 6.45) is 8.73. The van der Waals surface area contributed by atoms with E-state index in [0.29, 0.717) is 31.2 Å². The van der Waals surface area contributed by atoms with Crippen LogP contribution in [0.25, 0.3) is 0 Å². The number of nitrogens with zero attached hydrogens (tertiary/aromatic N) is 1. The van der Waals surface area contributed by atoms with Gasteiger partial charge in [0.15, 0.2) is 0 Å². The Morgan fingerprint density at radius 3 is 2.35 bits per heavy atom. The molecule has 1 aliphatic carbocycles. The quantitative estimate of drug-likeness (QED) is 0.809. The minimum Gasteiger partial charge on any atom is -0.481 e. The lowest BCUT2D eigenvalue weighted by Crippen LogP contribution is -2.46. The number of carbonyl (C=O) groups is 2. The van der Waals surface area contributed by atoms with E-state index in [1.807, 2.05) is 6.92 Å². The largest absolute Gasteiger partial charge is 0.481 e. The lowest BCUT2D eigenvalue weighted by atomic mass is 9.89. The molecule has 0 aromatic carbocycles. The van der Waals surface area contributed by atoms with Crippen LogP contribution in [0.1, 0.15) is 58.3 Å². The summed E-state index contributed by atoms with van der Waals surface area (Å²) < 4.78 is 0. The standard InChI is InChI=1S/C16H27NO3/c1-12-8-14(16(19)20)11-17(10-12)15(18)9-13-6-4-2-3-5-7-13/h12-14H,2-11H2,1H3,(H,19,20). The molecule has 2 atom stereocenters. The van der Waals surface area contributed by atoms with Gasteiger partial charge in [-0.15, -0.1) is 0 Å². The van der Waals surface area contributed by atoms with Gasteiger partial charge in [-0.25, -0.2) is 0 Å². The maximum Gasteiger partial charge on any atom is 0.308 e. The normalized spacial score (nSPS) is 28.9. The highest BCUT2D eigenvalue weighted by Gasteiger charge is 2.32. The third-order valence-electron chi connectivity index (χ3n) is 4.80. The molecular formula is C16H27NO3. The average Bonchev–Trinajstić information content (AvgIpc) is 2.66. The average molecular weight is 281 g/mol. The lowest BCUT2D eigenvalue weighted by Gasteiger charge is -2.35. The van der Waals surface area contributed by atoms with Gasteiger partial charge >= 0.3 is 5.97 Å². The monoisotopic (exact) mass is 281 g/mol. The Bertz CT molecular complexity index is 348. The Balaban J connectivity index is 1.88. The molecule has 2 rings (SSSR count). The third-order valence-corrected chi connectivity index (χ3v) is 4.80. The Kier molecular flexibility index (Phi) is 5.44. The van der Waals surface area contributed by atoms with E-state index >= 15 is 0 Å². The van der Waals surface area contributed by atoms with Crippen molar-refractivity contribution in [2.45, 2.75) is 58.3 Å². The summed E-state index contributed by atoms with van der Waals surface area (Å²) in [4.78, 5) is 25.4. The number of hydrogen-bond donors (Lipinski definition) is 1. The van der Waals surface area contributed by atoms with Gasteiger partial charge < -0.3 is 10.0 Å². The highest BCUT2D eigenvalue weighted by molar-refractivity contribution is 5.78. The first-order chi connectivity index (χ1) is 9.56. The van der Waals surface area contributed by atoms with E-state index in [2.05, 4.69) is 0 Å². The summed E-state index contributed by atoms with van der Waals surface area (Å²) in [5, 5.41) is 9.18. The Morgan fingerprint density at radius 1 is 1.10 bits per heavy atom. The van der Waals surface area contributed by atoms with Crippen LogP contribution in [-0.2, 0) is 9.59 Å². The molecule has 4 heteroatoms. The minimum atomic E-state index is -0.760. The molecule has 114 valence electrons. The number of carbonyl (C=O) groups excluding carboxylic acids is 1. The highest BCUT2D eigenvalue weighted by atomic mass is 16.4. The second-order valence-electron chi connectivity index (χ2n) is 6.74. The predicted molar refractivity (Wildman–Crippen MR) is 77.3 cm³/mol. The molecule has 0 radical (unpaired) electrons. The van der Waals surface area contributed by atoms with Gasteiger partial charge in [-0.2, -0.15) is 0 Å². The Hall–Kier alpha value is -1.06. The van der Waals surface area contributed by atoms with Crippen molar-refractivity contribution in [2.75, 3.05) is 13.1 Å². The maximum absolute atomic E-state index is 12.4. The fourth-order valence-electron chi connectivity index (χ4n) is 3.68. The van der Waals surface area contributed by atoms with E-state index in [-0.39, 0.29) is 11.8 Å². The van der Waals surface area contributed by atoms with E-state index in [0.717, 1.165) is 19.4 Å². The van der Waals surface area contributed by atoms with E-state index in [4.69, 9.17) is 0 Å². The molecule has 1 N–H and O–H groups in total. The van der Waals surface area contributed by atoms with Gasteiger partial charge in [0.2, 0.25) is 5.91 Å². The molecule has 1 saturated heterocycles. The number of aliphatic carboxylic acids is 1. The summed E-state index contributed by atoms with van der Waals surface area (Å²) in [5.74, 6) is -0.149. The van der Waals surface area contributed by atoms with Gasteiger partial charge in [0.05, 0.1) is 5.92 Å². The zero-order valence-corrected chi connectivity index (χ0v) is 12.5. The number of hydrogen-bond acceptors (Lipinski definition) is 2. The molecule has 0 aromatic rings. The van der Waals surface area contributed by atoms with Gasteiger partial charge in [0, 0.05) is 19.5 Å². The van der Waals surface area contributed by atoms with E-state index in [1.54, 1.807) is 4.90 Å². The van der Waals surface area contributed by atoms with Gasteiger partial charge in [0.25, 0.3) is 0 Å². The van der Waals surface area contributed by atoms with Crippen molar-refractivity contribution < 1.29 is 14.7 Å². The summed E-state index contributed by atoms with van der Waals surface area (Å²) in [7, 11) is 0. The van der Waals surface area contributed by atoms with Crippen molar-refractivity contribution in [3.05, 3.63) is 0 Å². The van der Waals surface area contributed by atoms with Crippen LogP contribution in [0, 0.1) is 17.8 Å². The molecule has 2 unspecified atom stereocenters. The van der Waals surface area contributed by atoms with Crippen LogP contribution in [0.15, 0.2) is 0 Å². The van der Waals surface area contributed by atoms with Crippen molar-refractivity contribution in [3.8, 4) is 0 Å². The number of amides is 1. The molecule has 20 heavy (non-hydrogen) atoms. The lowest BCUT2D eigenvalue weighted by molar-refractivity contribution is -0.147. The highest BCUT2D eigenvalue weighted by Crippen LogP contribution is 2.28. The van der Waals surface area contributed by atoms with Crippen LogP contribution in [0.5, 0.6) is 0 Å². The van der Waals surface area contributed by atoms with Crippen molar-refractivity contribution in [1.29, 1.82) is 0 Å². The third kappa shape index (κ3) is 4.22. The molecule has 0 spiro atoms. The van der Waals surface area contributed by atoms with Crippen molar-refractivity contribution in [1.82, 2.24) is 4.90 Å². The minimum absolute atomic E-state index is 0.176. The van der Waals surface area contributed by atoms with Gasteiger partial charge in [0.1, 0.15) is 0 Å². The van der Waals surface area contributed by atoms with Crippen molar-refractivity contribution >= 4 is 11.9 Å². The number of piperidine rings is 1. The molecule has 2 aliphatic rings. The summed E-state index contributed by atoms with van der Waals surface area (Å²) in [5.41, 5.74) is 0. The number of carboxylic acids is 1. The van der Waals surface area contributed by atoms with Crippen LogP contribution >= 0.6 is 0 Å². The van der Waals surface area contributed by atoms with E-state index < -0.39 is 5.97 Å². The second kappa shape index (κ2) is 7.09. The number of carboxylic acid groups (broad SMARTS) is 1. The maximum atomic E-state index is 12.4. The molecule has 1 aliphatic heterocycles. The first kappa shape index (κ1) is 15.3. The fraction of sp³-hybridized carbons (Fsp3) is 0.875. The van der Waals surface area contributed by atoms with Crippen LogP contribution in [-0.4, -0.2) is 35.0 Å². The zero-order valence-electron chi connectivity index (χ0n) is 12.5. The molecular weight excluding hydrogens is 254 g/mol. The van der Waals surface area contributed by atoms with Gasteiger partial charge in [-0.1, -0.05) is 32.6 Å². The van der Waals surface area contributed by atoms with Crippen LogP contribution in [0.3, 0.4) is 0 Å². The molecule has 1 saturated carbocycles. The first-order valence-electron chi connectivity index (χ1n) is 8.07. The first-order valence-corrected chi connectivity index (χ1v) is 8.07. The zero-order chi connectivity index (χ0) is 14.5. The summed E-state index contributed by atoms with van der Waals surface area (Å²) in [6, 6.07) is 0. The van der Waals surface area contributed by atoms with Gasteiger partial charge in [-0.3, -0.25) is 9.59 Å². The van der Waals surface area contributed by atoms with E-state index in [9.17, 15) is 14.7 Å². The summed E-state index contributed by atoms with van der Waals surface area (Å²) >= 11 is 0. The van der Waals surface area contributed by atoms with Crippen LogP contribution in [0.4, 0.5) is 0 Å². The predicted octanol–water partition coefficient (Wildman–Crippen LogP) is 2.92. The SMILES string of the molecule is CC1CC(C(=O)O)CN(C(=O)CC2CCCCCC2)C1. The molecule has 4 nitrogen and oxygen atoms in total. The number of rotatable bonds is 3.